The number of benzene rings is 2. The Hall–Kier alpha value is -2.69. The fourth-order valence-electron chi connectivity index (χ4n) is 3.16. The molecule has 2 aromatic carbocycles. The zero-order valence-corrected chi connectivity index (χ0v) is 17.8. The van der Waals surface area contributed by atoms with E-state index in [1.54, 1.807) is 12.1 Å². The van der Waals surface area contributed by atoms with Crippen molar-refractivity contribution in [3.8, 4) is 17.2 Å². The molecule has 0 spiro atoms. The number of ether oxygens (including phenoxy) is 3. The fraction of sp³-hybridized carbons (Fsp3) is 0.435. The first-order valence-corrected chi connectivity index (χ1v) is 9.53. The first-order chi connectivity index (χ1) is 13.3. The molecule has 152 valence electrons. The minimum atomic E-state index is -0.189. The van der Waals surface area contributed by atoms with Gasteiger partial charge in [0.25, 0.3) is 5.91 Å². The van der Waals surface area contributed by atoms with Gasteiger partial charge >= 0.3 is 0 Å². The number of hydrogen-bond acceptors (Lipinski definition) is 4. The van der Waals surface area contributed by atoms with E-state index in [1.165, 1.54) is 26.9 Å². The molecular formula is C23H31NO4. The second-order valence-corrected chi connectivity index (χ2v) is 7.43. The average Bonchev–Trinajstić information content (AvgIpc) is 2.70. The maximum Gasteiger partial charge on any atom is 0.252 e. The van der Waals surface area contributed by atoms with Crippen LogP contribution in [0.5, 0.6) is 17.2 Å². The minimum absolute atomic E-state index is 0.104. The molecular weight excluding hydrogens is 354 g/mol. The molecule has 2 aromatic rings. The lowest BCUT2D eigenvalue weighted by molar-refractivity contribution is 0.0924. The van der Waals surface area contributed by atoms with Gasteiger partial charge in [0.2, 0.25) is 5.75 Å². The molecule has 5 heteroatoms. The van der Waals surface area contributed by atoms with E-state index in [9.17, 15) is 4.79 Å². The van der Waals surface area contributed by atoms with E-state index < -0.39 is 0 Å². The van der Waals surface area contributed by atoms with Crippen LogP contribution in [0.3, 0.4) is 0 Å². The summed E-state index contributed by atoms with van der Waals surface area (Å²) in [6.45, 7) is 8.52. The first-order valence-electron chi connectivity index (χ1n) is 9.53. The second-order valence-electron chi connectivity index (χ2n) is 7.43. The molecule has 1 N–H and O–H groups in total. The molecule has 1 atom stereocenters. The van der Waals surface area contributed by atoms with Crippen molar-refractivity contribution in [1.82, 2.24) is 5.32 Å². The van der Waals surface area contributed by atoms with Gasteiger partial charge in [0.15, 0.2) is 11.5 Å². The molecule has 0 heterocycles. The van der Waals surface area contributed by atoms with Crippen molar-refractivity contribution in [1.29, 1.82) is 0 Å². The predicted octanol–water partition coefficient (Wildman–Crippen LogP) is 4.96. The van der Waals surface area contributed by atoms with Crippen molar-refractivity contribution in [2.75, 3.05) is 21.3 Å². The highest BCUT2D eigenvalue weighted by Crippen LogP contribution is 2.38. The van der Waals surface area contributed by atoms with Crippen LogP contribution >= 0.6 is 0 Å². The molecule has 0 unspecified atom stereocenters. The van der Waals surface area contributed by atoms with E-state index in [0.29, 0.717) is 28.7 Å². The van der Waals surface area contributed by atoms with Crippen LogP contribution in [0.4, 0.5) is 0 Å². The van der Waals surface area contributed by atoms with Crippen LogP contribution in [0.2, 0.25) is 0 Å². The van der Waals surface area contributed by atoms with E-state index in [4.69, 9.17) is 14.2 Å². The van der Waals surface area contributed by atoms with Gasteiger partial charge in [-0.2, -0.15) is 0 Å². The summed E-state index contributed by atoms with van der Waals surface area (Å²) in [6, 6.07) is 11.7. The maximum absolute atomic E-state index is 13.0. The van der Waals surface area contributed by atoms with Gasteiger partial charge in [0, 0.05) is 5.56 Å². The molecule has 2 rings (SSSR count). The van der Waals surface area contributed by atoms with Crippen molar-refractivity contribution in [2.24, 2.45) is 5.92 Å². The highest BCUT2D eigenvalue weighted by molar-refractivity contribution is 5.96. The summed E-state index contributed by atoms with van der Waals surface area (Å²) < 4.78 is 16.0. The standard InChI is InChI=1S/C23H31NO4/c1-14(2)16-8-10-17(11-9-16)21(15(3)4)24-23(25)18-12-19(26-5)22(28-7)20(13-18)27-6/h8-15,21H,1-7H3,(H,24,25)/t21-/m1/s1. The van der Waals surface area contributed by atoms with Gasteiger partial charge in [0.1, 0.15) is 0 Å². The SMILES string of the molecule is COc1cc(C(=O)N[C@@H](c2ccc(C(C)C)cc2)C(C)C)cc(OC)c1OC. The van der Waals surface area contributed by atoms with Crippen LogP contribution in [-0.4, -0.2) is 27.2 Å². The molecule has 28 heavy (non-hydrogen) atoms. The molecule has 0 saturated heterocycles. The Morgan fingerprint density at radius 3 is 1.71 bits per heavy atom. The van der Waals surface area contributed by atoms with Crippen molar-refractivity contribution >= 4 is 5.91 Å². The van der Waals surface area contributed by atoms with E-state index in [1.807, 2.05) is 0 Å². The second kappa shape index (κ2) is 9.49. The highest BCUT2D eigenvalue weighted by atomic mass is 16.5. The van der Waals surface area contributed by atoms with Gasteiger partial charge in [0.05, 0.1) is 27.4 Å². The summed E-state index contributed by atoms with van der Waals surface area (Å²) in [5.74, 6) is 1.89. The summed E-state index contributed by atoms with van der Waals surface area (Å²) >= 11 is 0. The lowest BCUT2D eigenvalue weighted by Crippen LogP contribution is -2.31. The Morgan fingerprint density at radius 1 is 0.821 bits per heavy atom. The third kappa shape index (κ3) is 4.77. The Labute approximate surface area is 168 Å². The van der Waals surface area contributed by atoms with Crippen molar-refractivity contribution < 1.29 is 19.0 Å². The normalized spacial score (nSPS) is 12.0. The number of methoxy groups -OCH3 is 3. The molecule has 0 fully saturated rings. The van der Waals surface area contributed by atoms with Crippen LogP contribution in [0.25, 0.3) is 0 Å². The summed E-state index contributed by atoms with van der Waals surface area (Å²) in [4.78, 5) is 13.0. The fourth-order valence-corrected chi connectivity index (χ4v) is 3.16. The Bertz CT molecular complexity index is 772. The molecule has 0 aliphatic heterocycles. The largest absolute Gasteiger partial charge is 0.493 e. The summed E-state index contributed by atoms with van der Waals surface area (Å²) in [6.07, 6.45) is 0. The molecule has 5 nitrogen and oxygen atoms in total. The van der Waals surface area contributed by atoms with Crippen LogP contribution in [0, 0.1) is 5.92 Å². The third-order valence-electron chi connectivity index (χ3n) is 4.84. The number of rotatable bonds is 8. The molecule has 0 aliphatic carbocycles. The predicted molar refractivity (Wildman–Crippen MR) is 112 cm³/mol. The summed E-state index contributed by atoms with van der Waals surface area (Å²) in [5.41, 5.74) is 2.82. The number of carbonyl (C=O) groups is 1. The lowest BCUT2D eigenvalue weighted by Gasteiger charge is -2.24. The molecule has 0 aromatic heterocycles. The molecule has 0 radical (unpaired) electrons. The highest BCUT2D eigenvalue weighted by Gasteiger charge is 2.22. The molecule has 0 aliphatic rings. The lowest BCUT2D eigenvalue weighted by atomic mass is 9.93. The zero-order chi connectivity index (χ0) is 20.8. The van der Waals surface area contributed by atoms with E-state index >= 15 is 0 Å². The number of nitrogens with one attached hydrogen (secondary N) is 1. The van der Waals surface area contributed by atoms with Crippen molar-refractivity contribution in [2.45, 2.75) is 39.7 Å². The number of hydrogen-bond donors (Lipinski definition) is 1. The van der Waals surface area contributed by atoms with Crippen LogP contribution in [0.15, 0.2) is 36.4 Å². The Morgan fingerprint density at radius 2 is 1.32 bits per heavy atom. The summed E-state index contributed by atoms with van der Waals surface area (Å²) in [5, 5.41) is 3.15. The van der Waals surface area contributed by atoms with Crippen LogP contribution in [0.1, 0.15) is 61.1 Å². The van der Waals surface area contributed by atoms with Gasteiger partial charge in [-0.25, -0.2) is 0 Å². The quantitative estimate of drug-likeness (QED) is 0.697. The zero-order valence-electron chi connectivity index (χ0n) is 17.8. The third-order valence-corrected chi connectivity index (χ3v) is 4.84. The average molecular weight is 386 g/mol. The Kier molecular flexibility index (Phi) is 7.32. The first kappa shape index (κ1) is 21.6. The van der Waals surface area contributed by atoms with E-state index in [2.05, 4.69) is 57.3 Å². The molecule has 1 amide bonds. The molecule has 0 saturated carbocycles. The van der Waals surface area contributed by atoms with E-state index in [0.717, 1.165) is 5.56 Å². The van der Waals surface area contributed by atoms with Gasteiger partial charge < -0.3 is 19.5 Å². The van der Waals surface area contributed by atoms with E-state index in [-0.39, 0.29) is 17.9 Å². The maximum atomic E-state index is 13.0. The number of amides is 1. The smallest absolute Gasteiger partial charge is 0.252 e. The Balaban J connectivity index is 2.32. The van der Waals surface area contributed by atoms with Gasteiger partial charge in [-0.1, -0.05) is 52.0 Å². The monoisotopic (exact) mass is 385 g/mol. The van der Waals surface area contributed by atoms with Crippen molar-refractivity contribution in [3.05, 3.63) is 53.1 Å². The van der Waals surface area contributed by atoms with Crippen molar-refractivity contribution in [3.63, 3.8) is 0 Å². The van der Waals surface area contributed by atoms with Gasteiger partial charge in [-0.15, -0.1) is 0 Å². The van der Waals surface area contributed by atoms with Crippen LogP contribution < -0.4 is 19.5 Å². The number of carbonyl (C=O) groups excluding carboxylic acids is 1. The minimum Gasteiger partial charge on any atom is -0.493 e. The summed E-state index contributed by atoms with van der Waals surface area (Å²) in [7, 11) is 4.61. The molecule has 0 bridgehead atoms. The van der Waals surface area contributed by atoms with Crippen LogP contribution in [-0.2, 0) is 0 Å². The topological polar surface area (TPSA) is 56.8 Å². The van der Waals surface area contributed by atoms with Gasteiger partial charge in [-0.05, 0) is 35.1 Å². The van der Waals surface area contributed by atoms with Gasteiger partial charge in [-0.3, -0.25) is 4.79 Å².